The summed E-state index contributed by atoms with van der Waals surface area (Å²) in [6, 6.07) is 46.7. The number of para-hydroxylation sites is 1. The zero-order valence-electron chi connectivity index (χ0n) is 21.1. The SMILES string of the molecule is O=[N+]([O-])c1ccc([C@H]2N3C(=Nc4ccccc4[C@@H]3c3ccccc3)C2(c2ccccc2)c2ccccc2)cc1. The summed E-state index contributed by atoms with van der Waals surface area (Å²) in [5, 5.41) is 11.5. The minimum Gasteiger partial charge on any atom is -0.339 e. The van der Waals surface area contributed by atoms with Gasteiger partial charge in [0.2, 0.25) is 0 Å². The number of amidine groups is 1. The fourth-order valence-electron chi connectivity index (χ4n) is 6.40. The predicted octanol–water partition coefficient (Wildman–Crippen LogP) is 7.77. The van der Waals surface area contributed by atoms with Gasteiger partial charge in [-0.05, 0) is 28.3 Å². The molecule has 0 bridgehead atoms. The van der Waals surface area contributed by atoms with Gasteiger partial charge in [0, 0.05) is 17.7 Å². The zero-order chi connectivity index (χ0) is 26.4. The molecule has 0 spiro atoms. The molecular formula is C34H25N3O2. The molecule has 7 rings (SSSR count). The monoisotopic (exact) mass is 507 g/mol. The smallest absolute Gasteiger partial charge is 0.269 e. The third kappa shape index (κ3) is 3.43. The third-order valence-corrected chi connectivity index (χ3v) is 8.01. The van der Waals surface area contributed by atoms with Gasteiger partial charge in [-0.25, -0.2) is 4.99 Å². The number of nitro benzene ring substituents is 1. The molecule has 5 nitrogen and oxygen atoms in total. The lowest BCUT2D eigenvalue weighted by Crippen LogP contribution is -2.68. The number of rotatable bonds is 5. The maximum absolute atomic E-state index is 11.5. The third-order valence-electron chi connectivity index (χ3n) is 8.01. The van der Waals surface area contributed by atoms with Gasteiger partial charge in [0.1, 0.15) is 11.3 Å². The number of nitro groups is 1. The Bertz CT molecular complexity index is 1640. The fourth-order valence-corrected chi connectivity index (χ4v) is 6.40. The first kappa shape index (κ1) is 23.1. The van der Waals surface area contributed by atoms with Crippen LogP contribution >= 0.6 is 0 Å². The largest absolute Gasteiger partial charge is 0.339 e. The van der Waals surface area contributed by atoms with Gasteiger partial charge in [-0.3, -0.25) is 10.1 Å². The van der Waals surface area contributed by atoms with E-state index in [-0.39, 0.29) is 22.7 Å². The molecule has 2 atom stereocenters. The summed E-state index contributed by atoms with van der Waals surface area (Å²) >= 11 is 0. The highest BCUT2D eigenvalue weighted by molar-refractivity contribution is 6.07. The molecule has 0 aliphatic carbocycles. The van der Waals surface area contributed by atoms with Crippen molar-refractivity contribution in [2.45, 2.75) is 17.5 Å². The molecule has 188 valence electrons. The van der Waals surface area contributed by atoms with Crippen molar-refractivity contribution in [1.29, 1.82) is 0 Å². The lowest BCUT2D eigenvalue weighted by atomic mass is 9.58. The van der Waals surface area contributed by atoms with Crippen molar-refractivity contribution in [3.05, 3.63) is 177 Å². The minimum atomic E-state index is -0.584. The number of hydrogen-bond acceptors (Lipinski definition) is 4. The summed E-state index contributed by atoms with van der Waals surface area (Å²) in [5.74, 6) is 0.982. The Morgan fingerprint density at radius 1 is 0.641 bits per heavy atom. The Labute approximate surface area is 226 Å². The molecule has 2 aliphatic heterocycles. The van der Waals surface area contributed by atoms with Crippen LogP contribution in [0.15, 0.2) is 145 Å². The van der Waals surface area contributed by atoms with Crippen molar-refractivity contribution >= 4 is 17.2 Å². The van der Waals surface area contributed by atoms with E-state index in [9.17, 15) is 10.1 Å². The highest BCUT2D eigenvalue weighted by Gasteiger charge is 2.64. The molecule has 0 saturated carbocycles. The van der Waals surface area contributed by atoms with E-state index < -0.39 is 5.41 Å². The normalized spacial score (nSPS) is 18.8. The van der Waals surface area contributed by atoms with E-state index in [0.29, 0.717) is 0 Å². The van der Waals surface area contributed by atoms with Gasteiger partial charge in [-0.1, -0.05) is 121 Å². The number of benzene rings is 5. The molecule has 5 aromatic rings. The summed E-state index contributed by atoms with van der Waals surface area (Å²) in [6.45, 7) is 0. The van der Waals surface area contributed by atoms with Gasteiger partial charge in [0.05, 0.1) is 22.7 Å². The second-order valence-electron chi connectivity index (χ2n) is 10.0. The molecule has 5 aromatic carbocycles. The quantitative estimate of drug-likeness (QED) is 0.180. The average Bonchev–Trinajstić information content (AvgIpc) is 2.99. The first-order chi connectivity index (χ1) is 19.2. The van der Waals surface area contributed by atoms with Crippen molar-refractivity contribution < 1.29 is 4.92 Å². The minimum absolute atomic E-state index is 0.0596. The number of fused-ring (bicyclic) bond motifs is 2. The Hall–Kier alpha value is -5.03. The molecule has 0 unspecified atom stereocenters. The van der Waals surface area contributed by atoms with Crippen LogP contribution < -0.4 is 0 Å². The van der Waals surface area contributed by atoms with Crippen molar-refractivity contribution in [2.75, 3.05) is 0 Å². The molecule has 0 amide bonds. The van der Waals surface area contributed by atoms with E-state index >= 15 is 0 Å². The van der Waals surface area contributed by atoms with Crippen LogP contribution in [0.5, 0.6) is 0 Å². The Kier molecular flexibility index (Phi) is 5.37. The molecular weight excluding hydrogens is 482 g/mol. The number of non-ortho nitro benzene ring substituents is 1. The molecule has 1 saturated heterocycles. The van der Waals surface area contributed by atoms with E-state index in [4.69, 9.17) is 4.99 Å². The average molecular weight is 508 g/mol. The van der Waals surface area contributed by atoms with Gasteiger partial charge in [0.25, 0.3) is 5.69 Å². The van der Waals surface area contributed by atoms with Gasteiger partial charge < -0.3 is 4.90 Å². The fraction of sp³-hybridized carbons (Fsp3) is 0.0882. The van der Waals surface area contributed by atoms with Crippen LogP contribution in [-0.4, -0.2) is 15.7 Å². The van der Waals surface area contributed by atoms with Crippen LogP contribution in [0.2, 0.25) is 0 Å². The van der Waals surface area contributed by atoms with Crippen molar-refractivity contribution in [2.24, 2.45) is 4.99 Å². The summed E-state index contributed by atoms with van der Waals surface area (Å²) < 4.78 is 0. The van der Waals surface area contributed by atoms with Crippen LogP contribution in [0.25, 0.3) is 0 Å². The van der Waals surface area contributed by atoms with Crippen LogP contribution in [0, 0.1) is 10.1 Å². The van der Waals surface area contributed by atoms with Crippen LogP contribution in [0.1, 0.15) is 39.9 Å². The first-order valence-corrected chi connectivity index (χ1v) is 13.1. The molecule has 2 heterocycles. The van der Waals surface area contributed by atoms with Gasteiger partial charge in [0.15, 0.2) is 0 Å². The molecule has 39 heavy (non-hydrogen) atoms. The number of nitrogens with zero attached hydrogens (tertiary/aromatic N) is 3. The molecule has 5 heteroatoms. The van der Waals surface area contributed by atoms with Crippen LogP contribution in [0.3, 0.4) is 0 Å². The summed E-state index contributed by atoms with van der Waals surface area (Å²) in [4.78, 5) is 18.9. The lowest BCUT2D eigenvalue weighted by molar-refractivity contribution is -0.384. The standard InChI is InChI=1S/C34H25N3O2/c38-37(39)28-22-20-25(21-23-28)32-34(26-14-6-2-7-15-26,27-16-8-3-9-17-27)33-35-30-19-11-10-18-29(30)31(36(32)33)24-12-4-1-5-13-24/h1-23,31-32H/t31-,32+/m0/s1. The van der Waals surface area contributed by atoms with E-state index in [1.807, 2.05) is 36.4 Å². The molecule has 2 aliphatic rings. The lowest BCUT2D eigenvalue weighted by Gasteiger charge is -2.63. The molecule has 0 radical (unpaired) electrons. The second kappa shape index (κ2) is 9.07. The second-order valence-corrected chi connectivity index (χ2v) is 10.0. The molecule has 0 aromatic heterocycles. The van der Waals surface area contributed by atoms with Crippen LogP contribution in [0.4, 0.5) is 11.4 Å². The Morgan fingerprint density at radius 3 is 1.77 bits per heavy atom. The maximum atomic E-state index is 11.5. The highest BCUT2D eigenvalue weighted by Crippen LogP contribution is 2.62. The number of hydrogen-bond donors (Lipinski definition) is 0. The first-order valence-electron chi connectivity index (χ1n) is 13.1. The summed E-state index contributed by atoms with van der Waals surface area (Å²) in [6.07, 6.45) is 0. The Morgan fingerprint density at radius 2 is 1.18 bits per heavy atom. The predicted molar refractivity (Wildman–Crippen MR) is 153 cm³/mol. The van der Waals surface area contributed by atoms with Gasteiger partial charge >= 0.3 is 0 Å². The Balaban J connectivity index is 1.55. The van der Waals surface area contributed by atoms with Gasteiger partial charge in [-0.2, -0.15) is 0 Å². The zero-order valence-corrected chi connectivity index (χ0v) is 21.1. The van der Waals surface area contributed by atoms with Gasteiger partial charge in [-0.15, -0.1) is 0 Å². The highest BCUT2D eigenvalue weighted by atomic mass is 16.6. The topological polar surface area (TPSA) is 58.7 Å². The van der Waals surface area contributed by atoms with E-state index in [2.05, 4.69) is 95.9 Å². The van der Waals surface area contributed by atoms with Crippen molar-refractivity contribution in [1.82, 2.24) is 4.90 Å². The molecule has 0 N–H and O–H groups in total. The van der Waals surface area contributed by atoms with Crippen LogP contribution in [-0.2, 0) is 5.41 Å². The summed E-state index contributed by atoms with van der Waals surface area (Å²) in [5.41, 5.74) is 6.08. The van der Waals surface area contributed by atoms with E-state index in [1.54, 1.807) is 12.1 Å². The van der Waals surface area contributed by atoms with E-state index in [1.165, 1.54) is 5.56 Å². The molecule has 1 fully saturated rings. The van der Waals surface area contributed by atoms with Crippen molar-refractivity contribution in [3.8, 4) is 0 Å². The maximum Gasteiger partial charge on any atom is 0.269 e. The van der Waals surface area contributed by atoms with E-state index in [0.717, 1.165) is 33.8 Å². The number of aliphatic imine (C=N–C) groups is 1. The summed E-state index contributed by atoms with van der Waals surface area (Å²) in [7, 11) is 0. The van der Waals surface area contributed by atoms with Crippen molar-refractivity contribution in [3.63, 3.8) is 0 Å².